The molecule has 3 aliphatic heterocycles. The normalized spacial score (nSPS) is 19.2. The largest absolute Gasteiger partial charge is 0.461 e. The van der Waals surface area contributed by atoms with Crippen molar-refractivity contribution in [3.63, 3.8) is 0 Å². The average Bonchev–Trinajstić information content (AvgIpc) is 3.35. The minimum Gasteiger partial charge on any atom is -0.461 e. The predicted octanol–water partition coefficient (Wildman–Crippen LogP) is 4.49. The number of anilines is 2. The fourth-order valence-electron chi connectivity index (χ4n) is 6.42. The Labute approximate surface area is 286 Å². The summed E-state index contributed by atoms with van der Waals surface area (Å²) in [5.74, 6) is -1.04. The van der Waals surface area contributed by atoms with E-state index < -0.39 is 17.8 Å². The van der Waals surface area contributed by atoms with Crippen molar-refractivity contribution in [2.75, 3.05) is 56.2 Å². The van der Waals surface area contributed by atoms with E-state index >= 15 is 0 Å². The molecule has 0 N–H and O–H groups in total. The fraction of sp³-hybridized carbons (Fsp3) is 0.406. The number of likely N-dealkylation sites (N-methyl/N-ethyl adjacent to an activating group) is 1. The molecule has 2 amide bonds. The van der Waals surface area contributed by atoms with E-state index in [4.69, 9.17) is 32.9 Å². The van der Waals surface area contributed by atoms with Gasteiger partial charge in [0.05, 0.1) is 23.3 Å². The number of benzene rings is 2. The summed E-state index contributed by atoms with van der Waals surface area (Å²) >= 11 is 6.67. The molecule has 10 nitrogen and oxygen atoms in total. The zero-order valence-electron chi connectivity index (χ0n) is 25.5. The molecule has 2 aromatic carbocycles. The van der Waals surface area contributed by atoms with E-state index in [1.54, 1.807) is 11.9 Å². The van der Waals surface area contributed by atoms with Crippen LogP contribution in [0.2, 0.25) is 5.02 Å². The van der Waals surface area contributed by atoms with Gasteiger partial charge in [-0.2, -0.15) is 37.0 Å². The number of rotatable bonds is 7. The van der Waals surface area contributed by atoms with E-state index in [1.807, 2.05) is 35.2 Å². The van der Waals surface area contributed by atoms with Gasteiger partial charge in [-0.15, -0.1) is 0 Å². The molecule has 244 valence electrons. The Morgan fingerprint density at radius 1 is 1.11 bits per heavy atom. The van der Waals surface area contributed by atoms with Crippen LogP contribution in [-0.4, -0.2) is 90.0 Å². The van der Waals surface area contributed by atoms with E-state index in [0.717, 1.165) is 27.7 Å². The number of fused-ring (bicyclic) bond motifs is 2. The monoisotopic (exact) mass is 685 g/mol. The van der Waals surface area contributed by atoms with Gasteiger partial charge in [0, 0.05) is 56.3 Å². The Morgan fingerprint density at radius 3 is 2.57 bits per heavy atom. The summed E-state index contributed by atoms with van der Waals surface area (Å²) in [7, 11) is 1.78. The molecule has 1 aromatic heterocycles. The lowest BCUT2D eigenvalue weighted by Crippen LogP contribution is -2.57. The predicted molar refractivity (Wildman–Crippen MR) is 187 cm³/mol. The van der Waals surface area contributed by atoms with Gasteiger partial charge in [-0.05, 0) is 30.4 Å². The summed E-state index contributed by atoms with van der Waals surface area (Å²) in [6.07, 6.45) is 1.84. The number of hydrogen-bond donors (Lipinski definition) is 0. The summed E-state index contributed by atoms with van der Waals surface area (Å²) in [6, 6.07) is 11.6. The quantitative estimate of drug-likeness (QED) is 0.268. The highest BCUT2D eigenvalue weighted by Gasteiger charge is 2.36. The van der Waals surface area contributed by atoms with Crippen molar-refractivity contribution >= 4 is 72.7 Å². The first kappa shape index (κ1) is 35.1. The third kappa shape index (κ3) is 6.84. The van der Waals surface area contributed by atoms with E-state index in [2.05, 4.69) is 22.4 Å². The molecule has 3 aromatic rings. The zero-order valence-corrected chi connectivity index (χ0v) is 28.3. The molecular formula is C32H37ClFN7O3S2. The van der Waals surface area contributed by atoms with Gasteiger partial charge < -0.3 is 29.2 Å². The van der Waals surface area contributed by atoms with Gasteiger partial charge >= 0.3 is 6.01 Å². The molecule has 0 unspecified atom stereocenters. The molecule has 0 spiro atoms. The molecule has 2 fully saturated rings. The van der Waals surface area contributed by atoms with E-state index in [0.29, 0.717) is 56.3 Å². The lowest BCUT2D eigenvalue weighted by molar-refractivity contribution is -0.131. The Hall–Kier alpha value is -3.73. The first-order chi connectivity index (χ1) is 21.2. The molecule has 2 atom stereocenters. The van der Waals surface area contributed by atoms with Crippen LogP contribution >= 0.6 is 38.6 Å². The van der Waals surface area contributed by atoms with E-state index in [9.17, 15) is 14.0 Å². The van der Waals surface area contributed by atoms with Crippen LogP contribution in [0, 0.1) is 6.57 Å². The Morgan fingerprint density at radius 2 is 1.87 bits per heavy atom. The van der Waals surface area contributed by atoms with Crippen molar-refractivity contribution in [3.8, 4) is 6.01 Å². The van der Waals surface area contributed by atoms with Crippen LogP contribution in [0.1, 0.15) is 24.1 Å². The zero-order chi connectivity index (χ0) is 31.0. The molecule has 46 heavy (non-hydrogen) atoms. The topological polar surface area (TPSA) is 86.5 Å². The fourth-order valence-corrected chi connectivity index (χ4v) is 6.70. The maximum Gasteiger partial charge on any atom is 0.318 e. The summed E-state index contributed by atoms with van der Waals surface area (Å²) in [6.45, 7) is 13.1. The highest BCUT2D eigenvalue weighted by molar-refractivity contribution is 7.59. The number of halogens is 2. The number of piperazine rings is 1. The summed E-state index contributed by atoms with van der Waals surface area (Å²) < 4.78 is 19.9. The Kier molecular flexibility index (Phi) is 11.3. The van der Waals surface area contributed by atoms with Crippen LogP contribution in [0.15, 0.2) is 48.8 Å². The minimum atomic E-state index is -1.03. The second-order valence-electron chi connectivity index (χ2n) is 11.4. The lowest BCUT2D eigenvalue weighted by atomic mass is 10.0. The van der Waals surface area contributed by atoms with E-state index in [-0.39, 0.29) is 64.6 Å². The molecule has 0 radical (unpaired) electrons. The van der Waals surface area contributed by atoms with Crippen LogP contribution < -0.4 is 14.5 Å². The molecule has 0 saturated carbocycles. The van der Waals surface area contributed by atoms with Crippen LogP contribution in [0.4, 0.5) is 15.9 Å². The standard InChI is InChI=1S/C32H33ClFN7O3.2H2S/c1-20(34)31(43)41-15-14-40(17-23(41)16-35-2)30-24-12-13-39(27-9-5-7-21-6-4-8-25(33)29(21)27)18-26(24)36-32(37-30)44-19-22-10-11-28(42)38(22)3;;/h4-9,22-23H,1,10-19H2,3H3;2*1H2/t22-,23-;;/m0../s1. The van der Waals surface area contributed by atoms with Crippen molar-refractivity contribution < 1.29 is 18.7 Å². The third-order valence-electron chi connectivity index (χ3n) is 8.81. The van der Waals surface area contributed by atoms with Crippen LogP contribution in [0.5, 0.6) is 6.01 Å². The first-order valence-corrected chi connectivity index (χ1v) is 15.1. The van der Waals surface area contributed by atoms with Crippen molar-refractivity contribution in [1.29, 1.82) is 0 Å². The maximum atomic E-state index is 13.8. The number of likely N-dealkylation sites (tertiary alicyclic amines) is 1. The highest BCUT2D eigenvalue weighted by Crippen LogP contribution is 2.37. The van der Waals surface area contributed by atoms with Crippen LogP contribution in [0.3, 0.4) is 0 Å². The number of ether oxygens (including phenoxy) is 1. The van der Waals surface area contributed by atoms with Gasteiger partial charge in [0.25, 0.3) is 5.91 Å². The second kappa shape index (κ2) is 14.8. The number of aromatic nitrogens is 2. The molecule has 0 aliphatic carbocycles. The van der Waals surface area contributed by atoms with Crippen LogP contribution in [0.25, 0.3) is 15.6 Å². The molecule has 4 heterocycles. The van der Waals surface area contributed by atoms with Crippen molar-refractivity contribution in [2.24, 2.45) is 0 Å². The average molecular weight is 686 g/mol. The number of nitrogens with zero attached hydrogens (tertiary/aromatic N) is 7. The van der Waals surface area contributed by atoms with Crippen molar-refractivity contribution in [2.45, 2.75) is 37.9 Å². The van der Waals surface area contributed by atoms with Gasteiger partial charge in [0.1, 0.15) is 18.5 Å². The SMILES string of the molecule is S.S.[C-]#[N+]C[C@H]1CN(c2nc(OC[C@@H]3CCC(=O)N3C)nc3c2CCN(c2cccc4cccc(Cl)c24)C3)CCN1C(=O)C(=C)F. The molecule has 14 heteroatoms. The van der Waals surface area contributed by atoms with E-state index in [1.165, 1.54) is 4.90 Å². The molecular weight excluding hydrogens is 649 g/mol. The van der Waals surface area contributed by atoms with Gasteiger partial charge in [-0.25, -0.2) is 11.0 Å². The number of amides is 2. The van der Waals surface area contributed by atoms with Crippen molar-refractivity contribution in [1.82, 2.24) is 19.8 Å². The Balaban J connectivity index is 0.00000240. The lowest BCUT2D eigenvalue weighted by Gasteiger charge is -2.41. The summed E-state index contributed by atoms with van der Waals surface area (Å²) in [5, 5.41) is 2.72. The highest BCUT2D eigenvalue weighted by atomic mass is 35.5. The number of carbonyl (C=O) groups excluding carboxylic acids is 2. The smallest absolute Gasteiger partial charge is 0.318 e. The van der Waals surface area contributed by atoms with Gasteiger partial charge in [0.15, 0.2) is 5.83 Å². The Bertz CT molecular complexity index is 1680. The van der Waals surface area contributed by atoms with Gasteiger partial charge in [-0.3, -0.25) is 9.59 Å². The van der Waals surface area contributed by atoms with Crippen LogP contribution in [-0.2, 0) is 22.6 Å². The summed E-state index contributed by atoms with van der Waals surface area (Å²) in [4.78, 5) is 45.2. The van der Waals surface area contributed by atoms with Gasteiger partial charge in [0.2, 0.25) is 12.5 Å². The third-order valence-corrected chi connectivity index (χ3v) is 9.12. The molecule has 0 bridgehead atoms. The molecule has 6 rings (SSSR count). The summed E-state index contributed by atoms with van der Waals surface area (Å²) in [5.41, 5.74) is 2.81. The maximum absolute atomic E-state index is 13.8. The number of carbonyl (C=O) groups is 2. The molecule has 3 aliphatic rings. The number of hydrogen-bond acceptors (Lipinski definition) is 7. The molecule has 2 saturated heterocycles. The minimum absolute atomic E-state index is 0. The first-order valence-electron chi connectivity index (χ1n) is 14.7. The second-order valence-corrected chi connectivity index (χ2v) is 11.8. The van der Waals surface area contributed by atoms with Crippen molar-refractivity contribution in [3.05, 3.63) is 76.5 Å². The van der Waals surface area contributed by atoms with Gasteiger partial charge in [-0.1, -0.05) is 42.4 Å².